The maximum atomic E-state index is 12.3. The Labute approximate surface area is 181 Å². The molecule has 0 spiro atoms. The van der Waals surface area contributed by atoms with Crippen molar-refractivity contribution in [1.29, 1.82) is 0 Å². The number of H-pyrrole nitrogens is 1. The summed E-state index contributed by atoms with van der Waals surface area (Å²) < 4.78 is 5.17. The average molecular weight is 438 g/mol. The Bertz CT molecular complexity index is 1140. The van der Waals surface area contributed by atoms with E-state index in [9.17, 15) is 4.79 Å². The van der Waals surface area contributed by atoms with Crippen LogP contribution in [0.25, 0.3) is 22.6 Å². The number of hydrogen-bond acceptors (Lipinski definition) is 7. The van der Waals surface area contributed by atoms with Gasteiger partial charge in [0.25, 0.3) is 0 Å². The average Bonchev–Trinajstić information content (AvgIpc) is 3.43. The van der Waals surface area contributed by atoms with Crippen LogP contribution in [0.2, 0.25) is 0 Å². The minimum absolute atomic E-state index is 0.155. The Balaban J connectivity index is 1.32. The van der Waals surface area contributed by atoms with E-state index in [0.717, 1.165) is 22.6 Å². The summed E-state index contributed by atoms with van der Waals surface area (Å²) in [7, 11) is 1.63. The van der Waals surface area contributed by atoms with E-state index in [1.165, 1.54) is 28.7 Å². The van der Waals surface area contributed by atoms with Crippen LogP contribution in [0.1, 0.15) is 5.56 Å². The van der Waals surface area contributed by atoms with Gasteiger partial charge in [0.05, 0.1) is 18.6 Å². The predicted octanol–water partition coefficient (Wildman–Crippen LogP) is 4.64. The molecular weight excluding hydrogens is 418 g/mol. The van der Waals surface area contributed by atoms with Gasteiger partial charge in [-0.2, -0.15) is 0 Å². The number of methoxy groups -OCH3 is 1. The van der Waals surface area contributed by atoms with Gasteiger partial charge in [-0.1, -0.05) is 41.6 Å². The molecule has 152 valence electrons. The number of nitrogens with zero attached hydrogens (tertiary/aromatic N) is 3. The highest BCUT2D eigenvalue weighted by molar-refractivity contribution is 7.99. The second-order valence-electron chi connectivity index (χ2n) is 6.44. The molecule has 0 atom stereocenters. The fourth-order valence-electron chi connectivity index (χ4n) is 2.66. The van der Waals surface area contributed by atoms with Crippen molar-refractivity contribution in [2.75, 3.05) is 18.2 Å². The second-order valence-corrected chi connectivity index (χ2v) is 8.24. The van der Waals surface area contributed by atoms with Crippen LogP contribution < -0.4 is 10.1 Å². The van der Waals surface area contributed by atoms with E-state index >= 15 is 0 Å². The van der Waals surface area contributed by atoms with E-state index < -0.39 is 0 Å². The van der Waals surface area contributed by atoms with Gasteiger partial charge in [0, 0.05) is 16.5 Å². The number of thiazole rings is 1. The molecule has 9 heteroatoms. The number of carbonyl (C=O) groups excluding carboxylic acids is 1. The number of benzene rings is 2. The van der Waals surface area contributed by atoms with Crippen LogP contribution >= 0.6 is 23.1 Å². The number of hydrogen-bond donors (Lipinski definition) is 2. The topological polar surface area (TPSA) is 92.8 Å². The van der Waals surface area contributed by atoms with E-state index in [4.69, 9.17) is 4.74 Å². The van der Waals surface area contributed by atoms with E-state index in [-0.39, 0.29) is 11.7 Å². The molecule has 0 radical (unpaired) electrons. The summed E-state index contributed by atoms with van der Waals surface area (Å²) in [6.45, 7) is 2.03. The molecule has 4 rings (SSSR count). The third kappa shape index (κ3) is 4.87. The molecule has 0 aliphatic carbocycles. The molecule has 1 amide bonds. The van der Waals surface area contributed by atoms with Gasteiger partial charge in [-0.05, 0) is 31.2 Å². The molecule has 2 aromatic heterocycles. The zero-order chi connectivity index (χ0) is 20.9. The Morgan fingerprint density at radius 2 is 1.83 bits per heavy atom. The fraction of sp³-hybridized carbons (Fsp3) is 0.143. The lowest BCUT2D eigenvalue weighted by atomic mass is 10.1. The summed E-state index contributed by atoms with van der Waals surface area (Å²) in [6.07, 6.45) is 0. The number of amides is 1. The second kappa shape index (κ2) is 9.10. The molecule has 0 aliphatic rings. The lowest BCUT2D eigenvalue weighted by Crippen LogP contribution is -2.13. The standard InChI is InChI=1S/C21H19N5O2S2/c1-13-3-5-15(6-4-13)19-24-21(26-25-19)30-12-18(27)23-20-22-17(11-29-20)14-7-9-16(28-2)10-8-14/h3-11H,12H2,1-2H3,(H,22,23,27)(H,24,25,26). The molecule has 0 aliphatic heterocycles. The Hall–Kier alpha value is -3.17. The number of thioether (sulfide) groups is 1. The highest BCUT2D eigenvalue weighted by atomic mass is 32.2. The summed E-state index contributed by atoms with van der Waals surface area (Å²) >= 11 is 2.66. The highest BCUT2D eigenvalue weighted by Gasteiger charge is 2.11. The van der Waals surface area contributed by atoms with Crippen molar-refractivity contribution in [2.45, 2.75) is 12.1 Å². The Kier molecular flexibility index (Phi) is 6.10. The van der Waals surface area contributed by atoms with E-state index in [1.807, 2.05) is 60.8 Å². The number of rotatable bonds is 7. The van der Waals surface area contributed by atoms with Crippen LogP contribution in [0.5, 0.6) is 5.75 Å². The van der Waals surface area contributed by atoms with Gasteiger partial charge >= 0.3 is 0 Å². The van der Waals surface area contributed by atoms with Crippen molar-refractivity contribution < 1.29 is 9.53 Å². The molecular formula is C21H19N5O2S2. The number of carbonyl (C=O) groups is 1. The number of aromatic nitrogens is 4. The Morgan fingerprint density at radius 3 is 2.57 bits per heavy atom. The smallest absolute Gasteiger partial charge is 0.236 e. The lowest BCUT2D eigenvalue weighted by molar-refractivity contribution is -0.113. The first-order valence-electron chi connectivity index (χ1n) is 9.13. The SMILES string of the molecule is COc1ccc(-c2csc(NC(=O)CSc3n[nH]c(-c4ccc(C)cc4)n3)n2)cc1. The monoisotopic (exact) mass is 437 g/mol. The lowest BCUT2D eigenvalue weighted by Gasteiger charge is -2.01. The number of ether oxygens (including phenoxy) is 1. The summed E-state index contributed by atoms with van der Waals surface area (Å²) in [5, 5.41) is 12.9. The van der Waals surface area contributed by atoms with Crippen molar-refractivity contribution in [2.24, 2.45) is 0 Å². The maximum absolute atomic E-state index is 12.3. The van der Waals surface area contributed by atoms with Crippen molar-refractivity contribution in [3.8, 4) is 28.4 Å². The zero-order valence-corrected chi connectivity index (χ0v) is 18.0. The first-order chi connectivity index (χ1) is 14.6. The highest BCUT2D eigenvalue weighted by Crippen LogP contribution is 2.27. The minimum Gasteiger partial charge on any atom is -0.497 e. The summed E-state index contributed by atoms with van der Waals surface area (Å²) in [6, 6.07) is 15.6. The van der Waals surface area contributed by atoms with Crippen LogP contribution in [0.15, 0.2) is 59.1 Å². The molecule has 0 unspecified atom stereocenters. The number of aromatic amines is 1. The minimum atomic E-state index is -0.155. The Morgan fingerprint density at radius 1 is 1.10 bits per heavy atom. The zero-order valence-electron chi connectivity index (χ0n) is 16.4. The molecule has 30 heavy (non-hydrogen) atoms. The molecule has 2 N–H and O–H groups in total. The van der Waals surface area contributed by atoms with Gasteiger partial charge in [-0.3, -0.25) is 9.89 Å². The van der Waals surface area contributed by atoms with Crippen LogP contribution in [0.4, 0.5) is 5.13 Å². The quantitative estimate of drug-likeness (QED) is 0.409. The largest absolute Gasteiger partial charge is 0.497 e. The van der Waals surface area contributed by atoms with Crippen molar-refractivity contribution in [3.63, 3.8) is 0 Å². The number of anilines is 1. The molecule has 0 saturated carbocycles. The third-order valence-electron chi connectivity index (χ3n) is 4.26. The van der Waals surface area contributed by atoms with Gasteiger partial charge in [0.1, 0.15) is 5.75 Å². The van der Waals surface area contributed by atoms with Gasteiger partial charge in [0.15, 0.2) is 11.0 Å². The van der Waals surface area contributed by atoms with Gasteiger partial charge in [-0.25, -0.2) is 9.97 Å². The van der Waals surface area contributed by atoms with E-state index in [1.54, 1.807) is 7.11 Å². The molecule has 7 nitrogen and oxygen atoms in total. The molecule has 0 saturated heterocycles. The molecule has 2 heterocycles. The molecule has 4 aromatic rings. The van der Waals surface area contributed by atoms with E-state index in [0.29, 0.717) is 16.1 Å². The van der Waals surface area contributed by atoms with Crippen LogP contribution in [-0.4, -0.2) is 38.9 Å². The summed E-state index contributed by atoms with van der Waals surface area (Å²) in [5.41, 5.74) is 3.91. The van der Waals surface area contributed by atoms with Crippen molar-refractivity contribution in [3.05, 3.63) is 59.5 Å². The molecule has 0 fully saturated rings. The van der Waals surface area contributed by atoms with Crippen molar-refractivity contribution in [1.82, 2.24) is 20.2 Å². The van der Waals surface area contributed by atoms with Crippen molar-refractivity contribution >= 4 is 34.1 Å². The van der Waals surface area contributed by atoms with Gasteiger partial charge < -0.3 is 10.1 Å². The normalized spacial score (nSPS) is 10.7. The number of nitrogens with one attached hydrogen (secondary N) is 2. The van der Waals surface area contributed by atoms with Crippen LogP contribution in [0, 0.1) is 6.92 Å². The maximum Gasteiger partial charge on any atom is 0.236 e. The fourth-order valence-corrected chi connectivity index (χ4v) is 4.00. The van der Waals surface area contributed by atoms with Gasteiger partial charge in [0.2, 0.25) is 11.1 Å². The first-order valence-corrected chi connectivity index (χ1v) is 11.0. The third-order valence-corrected chi connectivity index (χ3v) is 5.86. The summed E-state index contributed by atoms with van der Waals surface area (Å²) in [5.74, 6) is 1.51. The van der Waals surface area contributed by atoms with E-state index in [2.05, 4.69) is 25.5 Å². The summed E-state index contributed by atoms with van der Waals surface area (Å²) in [4.78, 5) is 21.2. The molecule has 0 bridgehead atoms. The molecule has 2 aromatic carbocycles. The predicted molar refractivity (Wildman–Crippen MR) is 120 cm³/mol. The van der Waals surface area contributed by atoms with Gasteiger partial charge in [-0.15, -0.1) is 16.4 Å². The van der Waals surface area contributed by atoms with Crippen LogP contribution in [0.3, 0.4) is 0 Å². The number of aryl methyl sites for hydroxylation is 1. The first kappa shape index (κ1) is 20.1. The van der Waals surface area contributed by atoms with Crippen LogP contribution in [-0.2, 0) is 4.79 Å².